The Morgan fingerprint density at radius 2 is 1.97 bits per heavy atom. The normalized spacial score (nSPS) is 13.5. The Labute approximate surface area is 184 Å². The first-order chi connectivity index (χ1) is 15.7. The van der Waals surface area contributed by atoms with E-state index in [0.717, 1.165) is 23.2 Å². The molecule has 1 aliphatic rings. The lowest BCUT2D eigenvalue weighted by Gasteiger charge is -2.27. The van der Waals surface area contributed by atoms with Crippen LogP contribution in [-0.2, 0) is 13.0 Å². The van der Waals surface area contributed by atoms with E-state index >= 15 is 0 Å². The van der Waals surface area contributed by atoms with Gasteiger partial charge in [-0.25, -0.2) is 4.98 Å². The second-order valence-electron chi connectivity index (χ2n) is 7.55. The number of hydrogen-bond acceptors (Lipinski definition) is 6. The monoisotopic (exact) mass is 427 g/mol. The Bertz CT molecular complexity index is 1340. The molecule has 0 radical (unpaired) electrons. The first kappa shape index (κ1) is 19.7. The highest BCUT2D eigenvalue weighted by molar-refractivity contribution is 5.85. The summed E-state index contributed by atoms with van der Waals surface area (Å²) in [7, 11) is 0. The Morgan fingerprint density at radius 3 is 2.81 bits per heavy atom. The molecule has 3 heterocycles. The zero-order valence-corrected chi connectivity index (χ0v) is 17.5. The summed E-state index contributed by atoms with van der Waals surface area (Å²) in [6.45, 7) is 3.01. The summed E-state index contributed by atoms with van der Waals surface area (Å²) in [6.07, 6.45) is 5.84. The van der Waals surface area contributed by atoms with Gasteiger partial charge in [0, 0.05) is 28.7 Å². The van der Waals surface area contributed by atoms with Crippen LogP contribution in [-0.4, -0.2) is 26.4 Å². The van der Waals surface area contributed by atoms with Gasteiger partial charge in [0.1, 0.15) is 12.1 Å². The van der Waals surface area contributed by atoms with Crippen LogP contribution in [0.4, 0.5) is 11.5 Å². The quantitative estimate of drug-likeness (QED) is 0.345. The molecule has 8 nitrogen and oxygen atoms in total. The van der Waals surface area contributed by atoms with Gasteiger partial charge >= 0.3 is 11.6 Å². The Morgan fingerprint density at radius 1 is 1.16 bits per heavy atom. The molecule has 1 aliphatic heterocycles. The number of nitrogens with zero attached hydrogens (tertiary/aromatic N) is 4. The molecule has 0 saturated carbocycles. The average molecular weight is 427 g/mol. The SMILES string of the molecule is CC=Cc1ccccc1Oc1ncnc(N2CCc3c([nH]c4ccccc34)C2)c1[N+](=O)[O-]. The molecule has 1 N–H and O–H groups in total. The summed E-state index contributed by atoms with van der Waals surface area (Å²) in [5, 5.41) is 13.3. The molecule has 4 aromatic rings. The third kappa shape index (κ3) is 3.45. The van der Waals surface area contributed by atoms with E-state index in [9.17, 15) is 10.1 Å². The van der Waals surface area contributed by atoms with E-state index < -0.39 is 4.92 Å². The van der Waals surface area contributed by atoms with Crippen LogP contribution in [0.15, 0.2) is 60.9 Å². The molecule has 0 unspecified atom stereocenters. The minimum atomic E-state index is -0.469. The molecule has 8 heteroatoms. The third-order valence-corrected chi connectivity index (χ3v) is 5.61. The van der Waals surface area contributed by atoms with E-state index in [2.05, 4.69) is 21.0 Å². The highest BCUT2D eigenvalue weighted by Crippen LogP contribution is 2.39. The molecule has 0 aliphatic carbocycles. The molecule has 32 heavy (non-hydrogen) atoms. The van der Waals surface area contributed by atoms with E-state index in [0.29, 0.717) is 18.8 Å². The molecule has 2 aromatic carbocycles. The number of para-hydroxylation sites is 2. The predicted molar refractivity (Wildman–Crippen MR) is 123 cm³/mol. The Hall–Kier alpha value is -4.20. The van der Waals surface area contributed by atoms with Crippen LogP contribution in [0.5, 0.6) is 11.6 Å². The highest BCUT2D eigenvalue weighted by atomic mass is 16.6. The number of fused-ring (bicyclic) bond motifs is 3. The number of benzene rings is 2. The van der Waals surface area contributed by atoms with Crippen molar-refractivity contribution in [3.63, 3.8) is 0 Å². The number of aromatic amines is 1. The van der Waals surface area contributed by atoms with Crippen molar-refractivity contribution in [2.24, 2.45) is 0 Å². The van der Waals surface area contributed by atoms with Gasteiger partial charge in [-0.05, 0) is 31.0 Å². The van der Waals surface area contributed by atoms with Crippen molar-refractivity contribution in [1.82, 2.24) is 15.0 Å². The van der Waals surface area contributed by atoms with Gasteiger partial charge in [0.05, 0.1) is 11.5 Å². The first-order valence-corrected chi connectivity index (χ1v) is 10.4. The largest absolute Gasteiger partial charge is 0.433 e. The van der Waals surface area contributed by atoms with E-state index in [-0.39, 0.29) is 17.4 Å². The summed E-state index contributed by atoms with van der Waals surface area (Å²) in [6, 6.07) is 15.5. The molecule has 0 fully saturated rings. The lowest BCUT2D eigenvalue weighted by atomic mass is 10.0. The van der Waals surface area contributed by atoms with E-state index in [4.69, 9.17) is 4.74 Å². The molecular formula is C24H21N5O3. The van der Waals surface area contributed by atoms with Gasteiger partial charge in [0.25, 0.3) is 0 Å². The average Bonchev–Trinajstić information content (AvgIpc) is 3.18. The molecule has 0 bridgehead atoms. The molecule has 0 amide bonds. The third-order valence-electron chi connectivity index (χ3n) is 5.61. The van der Waals surface area contributed by atoms with Crippen LogP contribution < -0.4 is 9.64 Å². The topological polar surface area (TPSA) is 97.2 Å². The maximum atomic E-state index is 12.1. The molecule has 160 valence electrons. The minimum absolute atomic E-state index is 0.0700. The Kier molecular flexibility index (Phi) is 5.03. The van der Waals surface area contributed by atoms with E-state index in [1.54, 1.807) is 6.07 Å². The number of rotatable bonds is 5. The number of aromatic nitrogens is 3. The van der Waals surface area contributed by atoms with Crippen molar-refractivity contribution in [2.75, 3.05) is 11.4 Å². The first-order valence-electron chi connectivity index (χ1n) is 10.4. The predicted octanol–water partition coefficient (Wildman–Crippen LogP) is 5.25. The molecule has 2 aromatic heterocycles. The van der Waals surface area contributed by atoms with Crippen molar-refractivity contribution in [2.45, 2.75) is 19.9 Å². The zero-order chi connectivity index (χ0) is 22.1. The van der Waals surface area contributed by atoms with Crippen LogP contribution in [0.3, 0.4) is 0 Å². The minimum Gasteiger partial charge on any atom is -0.433 e. The van der Waals surface area contributed by atoms with E-state index in [1.807, 2.05) is 60.4 Å². The van der Waals surface area contributed by atoms with Crippen molar-refractivity contribution in [3.05, 3.63) is 87.9 Å². The van der Waals surface area contributed by atoms with Crippen LogP contribution in [0.25, 0.3) is 17.0 Å². The maximum Gasteiger partial charge on any atom is 0.373 e. The van der Waals surface area contributed by atoms with Gasteiger partial charge < -0.3 is 14.6 Å². The number of nitrogens with one attached hydrogen (secondary N) is 1. The van der Waals surface area contributed by atoms with Crippen LogP contribution in [0.1, 0.15) is 23.7 Å². The standard InChI is InChI=1S/C24H21N5O3/c1-2-7-16-8-3-6-11-21(16)32-24-22(29(30)31)23(25-15-26-24)28-13-12-18-17-9-4-5-10-19(17)27-20(18)14-28/h2-11,15,27H,12-14H2,1H3. The van der Waals surface area contributed by atoms with Crippen LogP contribution in [0.2, 0.25) is 0 Å². The fourth-order valence-electron chi connectivity index (χ4n) is 4.19. The smallest absolute Gasteiger partial charge is 0.373 e. The second-order valence-corrected chi connectivity index (χ2v) is 7.55. The number of anilines is 1. The van der Waals surface area contributed by atoms with Crippen molar-refractivity contribution < 1.29 is 9.66 Å². The van der Waals surface area contributed by atoms with Gasteiger partial charge in [-0.3, -0.25) is 10.1 Å². The number of H-pyrrole nitrogens is 1. The molecule has 5 rings (SSSR count). The number of allylic oxidation sites excluding steroid dienone is 1. The molecular weight excluding hydrogens is 406 g/mol. The summed E-state index contributed by atoms with van der Waals surface area (Å²) in [5.41, 5.74) is 3.95. The fourth-order valence-corrected chi connectivity index (χ4v) is 4.19. The molecule has 0 spiro atoms. The van der Waals surface area contributed by atoms with Crippen LogP contribution >= 0.6 is 0 Å². The lowest BCUT2D eigenvalue weighted by molar-refractivity contribution is -0.385. The highest BCUT2D eigenvalue weighted by Gasteiger charge is 2.31. The van der Waals surface area contributed by atoms with Gasteiger partial charge in [0.2, 0.25) is 5.82 Å². The van der Waals surface area contributed by atoms with E-state index in [1.165, 1.54) is 17.3 Å². The summed E-state index contributed by atoms with van der Waals surface area (Å²) >= 11 is 0. The summed E-state index contributed by atoms with van der Waals surface area (Å²) < 4.78 is 5.92. The van der Waals surface area contributed by atoms with Gasteiger partial charge in [-0.2, -0.15) is 4.98 Å². The molecule has 0 atom stereocenters. The van der Waals surface area contributed by atoms with Gasteiger partial charge in [-0.1, -0.05) is 48.6 Å². The van der Waals surface area contributed by atoms with Gasteiger partial charge in [-0.15, -0.1) is 0 Å². The second kappa shape index (κ2) is 8.14. The fraction of sp³-hybridized carbons (Fsp3) is 0.167. The number of ether oxygens (including phenoxy) is 1. The lowest BCUT2D eigenvalue weighted by Crippen LogP contribution is -2.31. The van der Waals surface area contributed by atoms with Gasteiger partial charge in [0.15, 0.2) is 0 Å². The number of hydrogen-bond donors (Lipinski definition) is 1. The summed E-state index contributed by atoms with van der Waals surface area (Å²) in [5.74, 6) is 0.683. The maximum absolute atomic E-state index is 12.1. The van der Waals surface area contributed by atoms with Crippen molar-refractivity contribution >= 4 is 28.5 Å². The molecule has 0 saturated heterocycles. The van der Waals surface area contributed by atoms with Crippen LogP contribution in [0, 0.1) is 10.1 Å². The zero-order valence-electron chi connectivity index (χ0n) is 17.5. The summed E-state index contributed by atoms with van der Waals surface area (Å²) in [4.78, 5) is 25.3. The Balaban J connectivity index is 1.52. The number of nitro groups is 1. The van der Waals surface area contributed by atoms with Crippen molar-refractivity contribution in [3.8, 4) is 11.6 Å². The van der Waals surface area contributed by atoms with Crippen molar-refractivity contribution in [1.29, 1.82) is 0 Å².